The van der Waals surface area contributed by atoms with Crippen molar-refractivity contribution in [1.82, 2.24) is 4.98 Å². The number of carbonyl (C=O) groups is 2. The number of hydroxylamine groups is 1. The summed E-state index contributed by atoms with van der Waals surface area (Å²) in [5, 5.41) is 11.9. The van der Waals surface area contributed by atoms with E-state index in [1.807, 2.05) is 18.2 Å². The second-order valence-electron chi connectivity index (χ2n) is 8.32. The smallest absolute Gasteiger partial charge is 0.250 e. The zero-order valence-corrected chi connectivity index (χ0v) is 17.6. The Kier molecular flexibility index (Phi) is 7.87. The van der Waals surface area contributed by atoms with Crippen molar-refractivity contribution in [3.8, 4) is 0 Å². The van der Waals surface area contributed by atoms with Crippen molar-refractivity contribution in [2.24, 2.45) is 5.92 Å². The van der Waals surface area contributed by atoms with Crippen molar-refractivity contribution in [2.75, 3.05) is 5.06 Å². The van der Waals surface area contributed by atoms with E-state index in [0.717, 1.165) is 56.4 Å². The first-order chi connectivity index (χ1) is 14.1. The third kappa shape index (κ3) is 5.27. The Hall–Kier alpha value is -2.14. The molecule has 1 fully saturated rings. The van der Waals surface area contributed by atoms with Gasteiger partial charge in [-0.05, 0) is 25.3 Å². The standard InChI is InChI=1S/C24H34N2O3/c1-2-3-4-10-16-22(27)26(29)21-17-25-23-19(21)14-11-15-20(23)24(28)18-12-8-6-5-7-9-13-18/h11,14-15,17-18,25,29H,2-10,12-13,16H2,1H3. The number of nitrogens with one attached hydrogen (secondary N) is 1. The third-order valence-corrected chi connectivity index (χ3v) is 6.14. The van der Waals surface area contributed by atoms with Crippen molar-refractivity contribution in [1.29, 1.82) is 0 Å². The molecular weight excluding hydrogens is 364 g/mol. The fourth-order valence-electron chi connectivity index (χ4n) is 4.40. The van der Waals surface area contributed by atoms with Crippen LogP contribution in [0.2, 0.25) is 0 Å². The lowest BCUT2D eigenvalue weighted by molar-refractivity contribution is -0.123. The Balaban J connectivity index is 1.77. The number of H-pyrrole nitrogens is 1. The van der Waals surface area contributed by atoms with E-state index < -0.39 is 0 Å². The molecule has 158 valence electrons. The summed E-state index contributed by atoms with van der Waals surface area (Å²) in [5.41, 5.74) is 1.81. The zero-order chi connectivity index (χ0) is 20.6. The lowest BCUT2D eigenvalue weighted by Crippen LogP contribution is -2.26. The van der Waals surface area contributed by atoms with E-state index in [4.69, 9.17) is 0 Å². The van der Waals surface area contributed by atoms with Gasteiger partial charge in [0.15, 0.2) is 5.78 Å². The lowest BCUT2D eigenvalue weighted by Gasteiger charge is -2.19. The van der Waals surface area contributed by atoms with Crippen molar-refractivity contribution < 1.29 is 14.8 Å². The van der Waals surface area contributed by atoms with Gasteiger partial charge in [-0.15, -0.1) is 0 Å². The predicted molar refractivity (Wildman–Crippen MR) is 116 cm³/mol. The monoisotopic (exact) mass is 398 g/mol. The van der Waals surface area contributed by atoms with Crippen LogP contribution in [0.5, 0.6) is 0 Å². The highest BCUT2D eigenvalue weighted by Gasteiger charge is 2.24. The highest BCUT2D eigenvalue weighted by molar-refractivity contribution is 6.12. The van der Waals surface area contributed by atoms with E-state index in [1.54, 1.807) is 6.20 Å². The van der Waals surface area contributed by atoms with Crippen molar-refractivity contribution in [3.05, 3.63) is 30.0 Å². The molecule has 1 amide bonds. The normalized spacial score (nSPS) is 15.8. The average Bonchev–Trinajstić information content (AvgIpc) is 3.14. The van der Waals surface area contributed by atoms with Crippen LogP contribution in [0.25, 0.3) is 10.9 Å². The van der Waals surface area contributed by atoms with Crippen LogP contribution < -0.4 is 5.06 Å². The highest BCUT2D eigenvalue weighted by atomic mass is 16.5. The lowest BCUT2D eigenvalue weighted by atomic mass is 9.85. The highest BCUT2D eigenvalue weighted by Crippen LogP contribution is 2.32. The topological polar surface area (TPSA) is 73.4 Å². The summed E-state index contributed by atoms with van der Waals surface area (Å²) in [6.45, 7) is 2.13. The van der Waals surface area contributed by atoms with Crippen molar-refractivity contribution >= 4 is 28.3 Å². The number of ketones is 1. The largest absolute Gasteiger partial charge is 0.359 e. The van der Waals surface area contributed by atoms with Gasteiger partial charge >= 0.3 is 0 Å². The van der Waals surface area contributed by atoms with Gasteiger partial charge in [-0.1, -0.05) is 70.4 Å². The van der Waals surface area contributed by atoms with Gasteiger partial charge in [-0.3, -0.25) is 14.8 Å². The molecule has 1 aliphatic rings. The van der Waals surface area contributed by atoms with Gasteiger partial charge in [-0.25, -0.2) is 0 Å². The molecule has 29 heavy (non-hydrogen) atoms. The minimum atomic E-state index is -0.307. The molecule has 0 unspecified atom stereocenters. The molecule has 0 aliphatic heterocycles. The van der Waals surface area contributed by atoms with E-state index >= 15 is 0 Å². The number of hydrogen-bond acceptors (Lipinski definition) is 3. The number of aromatic nitrogens is 1. The molecule has 1 aromatic carbocycles. The van der Waals surface area contributed by atoms with Crippen LogP contribution in [0.3, 0.4) is 0 Å². The van der Waals surface area contributed by atoms with Gasteiger partial charge in [0.25, 0.3) is 5.91 Å². The molecule has 0 bridgehead atoms. The van der Waals surface area contributed by atoms with Gasteiger partial charge in [0.05, 0.1) is 11.2 Å². The Morgan fingerprint density at radius 1 is 1.07 bits per heavy atom. The summed E-state index contributed by atoms with van der Waals surface area (Å²) in [7, 11) is 0. The molecule has 2 aromatic rings. The summed E-state index contributed by atoms with van der Waals surface area (Å²) in [6, 6.07) is 5.55. The SMILES string of the molecule is CCCCCCC(=O)N(O)c1c[nH]c2c(C(=O)C3CCCCCCC3)cccc12. The van der Waals surface area contributed by atoms with E-state index in [2.05, 4.69) is 11.9 Å². The maximum Gasteiger partial charge on any atom is 0.250 e. The summed E-state index contributed by atoms with van der Waals surface area (Å²) < 4.78 is 0. The Bertz CT molecular complexity index is 819. The molecular formula is C24H34N2O3. The van der Waals surface area contributed by atoms with Gasteiger partial charge < -0.3 is 4.98 Å². The number of nitrogens with zero attached hydrogens (tertiary/aromatic N) is 1. The van der Waals surface area contributed by atoms with Crippen molar-refractivity contribution in [3.63, 3.8) is 0 Å². The Labute approximate surface area is 173 Å². The quantitative estimate of drug-likeness (QED) is 0.234. The van der Waals surface area contributed by atoms with E-state index in [0.29, 0.717) is 28.6 Å². The van der Waals surface area contributed by atoms with Crippen LogP contribution in [-0.4, -0.2) is 21.9 Å². The molecule has 0 saturated heterocycles. The Morgan fingerprint density at radius 3 is 2.52 bits per heavy atom. The Morgan fingerprint density at radius 2 is 1.79 bits per heavy atom. The molecule has 5 heteroatoms. The first kappa shape index (κ1) is 21.6. The number of Topliss-reactive ketones (excluding diaryl/α,β-unsaturated/α-hetero) is 1. The number of rotatable bonds is 8. The van der Waals surface area contributed by atoms with Gasteiger partial charge in [-0.2, -0.15) is 5.06 Å². The van der Waals surface area contributed by atoms with E-state index in [9.17, 15) is 14.8 Å². The molecule has 3 rings (SSSR count). The number of amides is 1. The molecule has 1 saturated carbocycles. The fourth-order valence-corrected chi connectivity index (χ4v) is 4.40. The van der Waals surface area contributed by atoms with E-state index in [1.165, 1.54) is 19.3 Å². The van der Waals surface area contributed by atoms with E-state index in [-0.39, 0.29) is 17.6 Å². The minimum absolute atomic E-state index is 0.0677. The molecule has 0 spiro atoms. The number of unbranched alkanes of at least 4 members (excludes halogenated alkanes) is 3. The molecule has 2 N–H and O–H groups in total. The maximum absolute atomic E-state index is 13.2. The van der Waals surface area contributed by atoms with Gasteiger partial charge in [0, 0.05) is 29.5 Å². The van der Waals surface area contributed by atoms with Crippen LogP contribution in [0.15, 0.2) is 24.4 Å². The van der Waals surface area contributed by atoms with Crippen LogP contribution in [0.1, 0.15) is 94.3 Å². The summed E-state index contributed by atoms with van der Waals surface area (Å²) >= 11 is 0. The number of anilines is 1. The van der Waals surface area contributed by atoms with Crippen molar-refractivity contribution in [2.45, 2.75) is 84.0 Å². The molecule has 0 atom stereocenters. The minimum Gasteiger partial charge on any atom is -0.359 e. The molecule has 1 heterocycles. The zero-order valence-electron chi connectivity index (χ0n) is 17.6. The summed E-state index contributed by atoms with van der Waals surface area (Å²) in [4.78, 5) is 28.8. The van der Waals surface area contributed by atoms with Crippen LogP contribution >= 0.6 is 0 Å². The predicted octanol–water partition coefficient (Wildman–Crippen LogP) is 6.40. The third-order valence-electron chi connectivity index (χ3n) is 6.14. The first-order valence-corrected chi connectivity index (χ1v) is 11.3. The van der Waals surface area contributed by atoms with Crippen LogP contribution in [0.4, 0.5) is 5.69 Å². The number of fused-ring (bicyclic) bond motifs is 1. The molecule has 0 radical (unpaired) electrons. The van der Waals surface area contributed by atoms with Crippen LogP contribution in [-0.2, 0) is 4.79 Å². The number of para-hydroxylation sites is 1. The van der Waals surface area contributed by atoms with Gasteiger partial charge in [0.1, 0.15) is 0 Å². The second-order valence-corrected chi connectivity index (χ2v) is 8.32. The maximum atomic E-state index is 13.2. The molecule has 1 aromatic heterocycles. The average molecular weight is 399 g/mol. The number of aromatic amines is 1. The second kappa shape index (κ2) is 10.6. The summed E-state index contributed by atoms with van der Waals surface area (Å²) in [6.07, 6.45) is 13.7. The molecule has 1 aliphatic carbocycles. The summed E-state index contributed by atoms with van der Waals surface area (Å²) in [5.74, 6) is -0.0573. The number of benzene rings is 1. The first-order valence-electron chi connectivity index (χ1n) is 11.3. The number of hydrogen-bond donors (Lipinski definition) is 2. The van der Waals surface area contributed by atoms with Crippen LogP contribution in [0, 0.1) is 5.92 Å². The van der Waals surface area contributed by atoms with Gasteiger partial charge in [0.2, 0.25) is 0 Å². The fraction of sp³-hybridized carbons (Fsp3) is 0.583. The molecule has 5 nitrogen and oxygen atoms in total. The number of carbonyl (C=O) groups excluding carboxylic acids is 2.